The molecule has 1 aliphatic heterocycles. The maximum absolute atomic E-state index is 6.06. The fourth-order valence-electron chi connectivity index (χ4n) is 2.16. The summed E-state index contributed by atoms with van der Waals surface area (Å²) in [7, 11) is 1.99. The van der Waals surface area contributed by atoms with Gasteiger partial charge in [-0.3, -0.25) is 4.68 Å². The SMILES string of the molecule is Cc1cc(CC2(CCl)CCOC2)n(C)n1. The third kappa shape index (κ3) is 2.18. The summed E-state index contributed by atoms with van der Waals surface area (Å²) in [6, 6.07) is 2.13. The van der Waals surface area contributed by atoms with Crippen molar-refractivity contribution < 1.29 is 4.74 Å². The van der Waals surface area contributed by atoms with E-state index in [2.05, 4.69) is 11.2 Å². The van der Waals surface area contributed by atoms with Crippen molar-refractivity contribution in [3.05, 3.63) is 17.5 Å². The van der Waals surface area contributed by atoms with Crippen LogP contribution in [0.15, 0.2) is 6.07 Å². The highest BCUT2D eigenvalue weighted by atomic mass is 35.5. The number of alkyl halides is 1. The second-order valence-corrected chi connectivity index (χ2v) is 4.78. The molecule has 2 heterocycles. The number of aryl methyl sites for hydroxylation is 2. The standard InChI is InChI=1S/C11H17ClN2O/c1-9-5-10(14(2)13-9)6-11(7-12)3-4-15-8-11/h5H,3-4,6-8H2,1-2H3. The molecule has 0 saturated carbocycles. The molecular formula is C11H17ClN2O. The van der Waals surface area contributed by atoms with Crippen molar-refractivity contribution in [2.75, 3.05) is 19.1 Å². The molecule has 0 N–H and O–H groups in total. The van der Waals surface area contributed by atoms with E-state index in [-0.39, 0.29) is 5.41 Å². The molecule has 4 heteroatoms. The van der Waals surface area contributed by atoms with E-state index < -0.39 is 0 Å². The quantitative estimate of drug-likeness (QED) is 0.740. The molecule has 1 saturated heterocycles. The fraction of sp³-hybridized carbons (Fsp3) is 0.727. The molecule has 15 heavy (non-hydrogen) atoms. The van der Waals surface area contributed by atoms with Gasteiger partial charge in [0.05, 0.1) is 12.3 Å². The van der Waals surface area contributed by atoms with Gasteiger partial charge in [-0.15, -0.1) is 11.6 Å². The molecule has 0 radical (unpaired) electrons. The van der Waals surface area contributed by atoms with Crippen molar-refractivity contribution in [1.82, 2.24) is 9.78 Å². The second kappa shape index (κ2) is 4.14. The van der Waals surface area contributed by atoms with Crippen molar-refractivity contribution in [2.45, 2.75) is 19.8 Å². The molecule has 2 rings (SSSR count). The smallest absolute Gasteiger partial charge is 0.0596 e. The lowest BCUT2D eigenvalue weighted by Crippen LogP contribution is -2.27. The average Bonchev–Trinajstić information content (AvgIpc) is 2.76. The Morgan fingerprint density at radius 1 is 1.67 bits per heavy atom. The summed E-state index contributed by atoms with van der Waals surface area (Å²) >= 11 is 6.06. The molecular weight excluding hydrogens is 212 g/mol. The number of rotatable bonds is 3. The van der Waals surface area contributed by atoms with Crippen LogP contribution >= 0.6 is 11.6 Å². The Morgan fingerprint density at radius 2 is 2.47 bits per heavy atom. The minimum atomic E-state index is 0.127. The number of ether oxygens (including phenoxy) is 1. The first-order valence-corrected chi connectivity index (χ1v) is 5.82. The van der Waals surface area contributed by atoms with Gasteiger partial charge in [-0.1, -0.05) is 0 Å². The van der Waals surface area contributed by atoms with Crippen LogP contribution < -0.4 is 0 Å². The van der Waals surface area contributed by atoms with E-state index in [1.807, 2.05) is 18.7 Å². The fourth-order valence-corrected chi connectivity index (χ4v) is 2.46. The summed E-state index contributed by atoms with van der Waals surface area (Å²) in [5.41, 5.74) is 2.44. The molecule has 0 spiro atoms. The van der Waals surface area contributed by atoms with Crippen molar-refractivity contribution >= 4 is 11.6 Å². The van der Waals surface area contributed by atoms with Crippen molar-refractivity contribution in [2.24, 2.45) is 12.5 Å². The summed E-state index contributed by atoms with van der Waals surface area (Å²) in [5.74, 6) is 0.664. The molecule has 1 aromatic rings. The lowest BCUT2D eigenvalue weighted by atomic mass is 9.84. The van der Waals surface area contributed by atoms with E-state index in [1.54, 1.807) is 0 Å². The van der Waals surface area contributed by atoms with Gasteiger partial charge < -0.3 is 4.74 Å². The molecule has 84 valence electrons. The van der Waals surface area contributed by atoms with E-state index in [1.165, 1.54) is 5.69 Å². The minimum Gasteiger partial charge on any atom is -0.381 e. The number of nitrogens with zero attached hydrogens (tertiary/aromatic N) is 2. The average molecular weight is 229 g/mol. The summed E-state index contributed by atoms with van der Waals surface area (Å²) in [6.07, 6.45) is 2.02. The maximum Gasteiger partial charge on any atom is 0.0596 e. The second-order valence-electron chi connectivity index (χ2n) is 4.51. The Bertz CT molecular complexity index is 342. The van der Waals surface area contributed by atoms with Crippen molar-refractivity contribution in [3.63, 3.8) is 0 Å². The zero-order valence-corrected chi connectivity index (χ0v) is 10.0. The Hall–Kier alpha value is -0.540. The lowest BCUT2D eigenvalue weighted by molar-refractivity contribution is 0.160. The van der Waals surface area contributed by atoms with Crippen LogP contribution in [0, 0.1) is 12.3 Å². The highest BCUT2D eigenvalue weighted by Gasteiger charge is 2.35. The van der Waals surface area contributed by atoms with Crippen LogP contribution in [0.3, 0.4) is 0 Å². The van der Waals surface area contributed by atoms with Gasteiger partial charge in [0.25, 0.3) is 0 Å². The monoisotopic (exact) mass is 228 g/mol. The van der Waals surface area contributed by atoms with Crippen LogP contribution in [0.1, 0.15) is 17.8 Å². The Morgan fingerprint density at radius 3 is 2.93 bits per heavy atom. The van der Waals surface area contributed by atoms with E-state index in [9.17, 15) is 0 Å². The normalized spacial score (nSPS) is 26.1. The molecule has 1 atom stereocenters. The first-order valence-electron chi connectivity index (χ1n) is 5.28. The highest BCUT2D eigenvalue weighted by Crippen LogP contribution is 2.33. The maximum atomic E-state index is 6.06. The van der Waals surface area contributed by atoms with Gasteiger partial charge in [0.2, 0.25) is 0 Å². The van der Waals surface area contributed by atoms with Crippen LogP contribution in [0.5, 0.6) is 0 Å². The first-order chi connectivity index (χ1) is 7.15. The molecule has 1 fully saturated rings. The highest BCUT2D eigenvalue weighted by molar-refractivity contribution is 6.18. The van der Waals surface area contributed by atoms with Gasteiger partial charge >= 0.3 is 0 Å². The van der Waals surface area contributed by atoms with Crippen molar-refractivity contribution in [1.29, 1.82) is 0 Å². The summed E-state index contributed by atoms with van der Waals surface area (Å²) in [5, 5.41) is 4.35. The zero-order valence-electron chi connectivity index (χ0n) is 9.29. The first kappa shape index (κ1) is 11.0. The van der Waals surface area contributed by atoms with Gasteiger partial charge in [0, 0.05) is 30.6 Å². The molecule has 1 aromatic heterocycles. The van der Waals surface area contributed by atoms with E-state index in [4.69, 9.17) is 16.3 Å². The van der Waals surface area contributed by atoms with Gasteiger partial charge in [-0.05, 0) is 25.8 Å². The minimum absolute atomic E-state index is 0.127. The van der Waals surface area contributed by atoms with E-state index >= 15 is 0 Å². The van der Waals surface area contributed by atoms with Gasteiger partial charge in [-0.2, -0.15) is 5.10 Å². The lowest BCUT2D eigenvalue weighted by Gasteiger charge is -2.24. The largest absolute Gasteiger partial charge is 0.381 e. The molecule has 0 aromatic carbocycles. The topological polar surface area (TPSA) is 27.1 Å². The number of hydrogen-bond donors (Lipinski definition) is 0. The van der Waals surface area contributed by atoms with E-state index in [0.29, 0.717) is 5.88 Å². The number of hydrogen-bond acceptors (Lipinski definition) is 2. The molecule has 1 aliphatic rings. The van der Waals surface area contributed by atoms with Gasteiger partial charge in [0.15, 0.2) is 0 Å². The summed E-state index contributed by atoms with van der Waals surface area (Å²) in [6.45, 7) is 3.63. The number of halogens is 1. The Labute approximate surface area is 95.4 Å². The molecule has 0 bridgehead atoms. The summed E-state index contributed by atoms with van der Waals surface area (Å²) < 4.78 is 7.40. The van der Waals surface area contributed by atoms with Crippen LogP contribution in [0.2, 0.25) is 0 Å². The number of aromatic nitrogens is 2. The zero-order chi connectivity index (χ0) is 10.9. The van der Waals surface area contributed by atoms with Gasteiger partial charge in [-0.25, -0.2) is 0 Å². The van der Waals surface area contributed by atoms with Gasteiger partial charge in [0.1, 0.15) is 0 Å². The van der Waals surface area contributed by atoms with Crippen LogP contribution in [0.4, 0.5) is 0 Å². The van der Waals surface area contributed by atoms with E-state index in [0.717, 1.165) is 31.7 Å². The summed E-state index contributed by atoms with van der Waals surface area (Å²) in [4.78, 5) is 0. The Kier molecular flexibility index (Phi) is 3.03. The molecule has 0 aliphatic carbocycles. The predicted octanol–water partition coefficient (Wildman–Crippen LogP) is 1.92. The van der Waals surface area contributed by atoms with Crippen LogP contribution in [-0.2, 0) is 18.2 Å². The molecule has 0 amide bonds. The molecule has 3 nitrogen and oxygen atoms in total. The Balaban J connectivity index is 2.16. The third-order valence-electron chi connectivity index (χ3n) is 3.12. The van der Waals surface area contributed by atoms with Crippen LogP contribution in [-0.4, -0.2) is 28.9 Å². The molecule has 1 unspecified atom stereocenters. The predicted molar refractivity (Wildman–Crippen MR) is 60.2 cm³/mol. The van der Waals surface area contributed by atoms with Crippen molar-refractivity contribution in [3.8, 4) is 0 Å². The van der Waals surface area contributed by atoms with Crippen LogP contribution in [0.25, 0.3) is 0 Å². The third-order valence-corrected chi connectivity index (χ3v) is 3.69.